The standard InChI is InChI=1S/C12H15N5O2/c18-8-11(6-10-4-2-1-3-5-10)14-12(19)7-17-9-13-15-16-17/h1-5,9,11,18H,6-8H2,(H,14,19)/t11-/m1/s1. The number of aliphatic hydroxyl groups excluding tert-OH is 1. The van der Waals surface area contributed by atoms with Crippen LogP contribution in [0.2, 0.25) is 0 Å². The molecule has 1 aromatic heterocycles. The first-order valence-corrected chi connectivity index (χ1v) is 5.93. The number of hydrogen-bond donors (Lipinski definition) is 2. The third kappa shape index (κ3) is 4.14. The third-order valence-electron chi connectivity index (χ3n) is 2.61. The minimum absolute atomic E-state index is 0.0400. The van der Waals surface area contributed by atoms with Crippen LogP contribution in [-0.4, -0.2) is 43.9 Å². The lowest BCUT2D eigenvalue weighted by Gasteiger charge is -2.16. The van der Waals surface area contributed by atoms with Gasteiger partial charge >= 0.3 is 0 Å². The molecule has 0 saturated heterocycles. The predicted octanol–water partition coefficient (Wildman–Crippen LogP) is -0.607. The van der Waals surface area contributed by atoms with Gasteiger partial charge in [-0.25, -0.2) is 4.68 Å². The zero-order valence-electron chi connectivity index (χ0n) is 10.3. The second kappa shape index (κ2) is 6.60. The maximum Gasteiger partial charge on any atom is 0.242 e. The van der Waals surface area contributed by atoms with Crippen LogP contribution in [0.3, 0.4) is 0 Å². The number of amides is 1. The highest BCUT2D eigenvalue weighted by atomic mass is 16.3. The van der Waals surface area contributed by atoms with Crippen molar-refractivity contribution in [1.82, 2.24) is 25.5 Å². The number of benzene rings is 1. The molecule has 0 spiro atoms. The van der Waals surface area contributed by atoms with Gasteiger partial charge in [0.1, 0.15) is 12.9 Å². The van der Waals surface area contributed by atoms with Crippen molar-refractivity contribution in [3.05, 3.63) is 42.2 Å². The van der Waals surface area contributed by atoms with E-state index in [1.54, 1.807) is 0 Å². The van der Waals surface area contributed by atoms with E-state index in [2.05, 4.69) is 20.8 Å². The van der Waals surface area contributed by atoms with E-state index in [4.69, 9.17) is 0 Å². The normalized spacial score (nSPS) is 12.1. The summed E-state index contributed by atoms with van der Waals surface area (Å²) >= 11 is 0. The molecule has 0 aliphatic heterocycles. The van der Waals surface area contributed by atoms with Gasteiger partial charge in [0.05, 0.1) is 12.6 Å². The zero-order chi connectivity index (χ0) is 13.5. The number of hydrogen-bond acceptors (Lipinski definition) is 5. The van der Waals surface area contributed by atoms with E-state index < -0.39 is 0 Å². The summed E-state index contributed by atoms with van der Waals surface area (Å²) in [7, 11) is 0. The molecule has 0 radical (unpaired) electrons. The lowest BCUT2D eigenvalue weighted by molar-refractivity contribution is -0.122. The first-order chi connectivity index (χ1) is 9.28. The fourth-order valence-corrected chi connectivity index (χ4v) is 1.73. The Morgan fingerprint density at radius 3 is 2.79 bits per heavy atom. The van der Waals surface area contributed by atoms with Gasteiger partial charge in [-0.05, 0) is 22.4 Å². The Labute approximate surface area is 110 Å². The van der Waals surface area contributed by atoms with Crippen molar-refractivity contribution in [2.24, 2.45) is 0 Å². The van der Waals surface area contributed by atoms with Gasteiger partial charge in [0, 0.05) is 0 Å². The average Bonchev–Trinajstić information content (AvgIpc) is 2.92. The van der Waals surface area contributed by atoms with Crippen LogP contribution in [0.1, 0.15) is 5.56 Å². The van der Waals surface area contributed by atoms with Gasteiger partial charge in [-0.2, -0.15) is 0 Å². The van der Waals surface area contributed by atoms with Gasteiger partial charge in [0.2, 0.25) is 5.91 Å². The van der Waals surface area contributed by atoms with E-state index >= 15 is 0 Å². The van der Waals surface area contributed by atoms with E-state index in [0.29, 0.717) is 6.42 Å². The van der Waals surface area contributed by atoms with Gasteiger partial charge in [-0.1, -0.05) is 30.3 Å². The Morgan fingerprint density at radius 2 is 2.16 bits per heavy atom. The van der Waals surface area contributed by atoms with Gasteiger partial charge in [0.25, 0.3) is 0 Å². The second-order valence-electron chi connectivity index (χ2n) is 4.14. The first-order valence-electron chi connectivity index (χ1n) is 5.93. The summed E-state index contributed by atoms with van der Waals surface area (Å²) < 4.78 is 1.33. The van der Waals surface area contributed by atoms with Gasteiger partial charge in [0.15, 0.2) is 0 Å². The number of carbonyl (C=O) groups is 1. The molecule has 1 atom stereocenters. The van der Waals surface area contributed by atoms with E-state index in [-0.39, 0.29) is 25.1 Å². The molecular formula is C12H15N5O2. The molecule has 7 heteroatoms. The molecule has 2 rings (SSSR count). The van der Waals surface area contributed by atoms with Gasteiger partial charge in [-0.3, -0.25) is 4.79 Å². The minimum Gasteiger partial charge on any atom is -0.394 e. The predicted molar refractivity (Wildman–Crippen MR) is 67.0 cm³/mol. The fraction of sp³-hybridized carbons (Fsp3) is 0.333. The van der Waals surface area contributed by atoms with Crippen LogP contribution in [-0.2, 0) is 17.8 Å². The SMILES string of the molecule is O=C(Cn1cnnn1)N[C@@H](CO)Cc1ccccc1. The Hall–Kier alpha value is -2.28. The van der Waals surface area contributed by atoms with Gasteiger partial charge in [-0.15, -0.1) is 5.10 Å². The van der Waals surface area contributed by atoms with Crippen molar-refractivity contribution in [1.29, 1.82) is 0 Å². The molecule has 1 amide bonds. The Morgan fingerprint density at radius 1 is 1.37 bits per heavy atom. The van der Waals surface area contributed by atoms with Crippen LogP contribution in [0.15, 0.2) is 36.7 Å². The quantitative estimate of drug-likeness (QED) is 0.724. The highest BCUT2D eigenvalue weighted by molar-refractivity contribution is 5.75. The molecule has 2 aromatic rings. The Balaban J connectivity index is 1.86. The largest absolute Gasteiger partial charge is 0.394 e. The van der Waals surface area contributed by atoms with Crippen molar-refractivity contribution >= 4 is 5.91 Å². The molecule has 0 aliphatic carbocycles. The van der Waals surface area contributed by atoms with Crippen LogP contribution in [0, 0.1) is 0 Å². The molecule has 1 heterocycles. The number of rotatable bonds is 6. The van der Waals surface area contributed by atoms with Crippen molar-refractivity contribution in [2.75, 3.05) is 6.61 Å². The Kier molecular flexibility index (Phi) is 4.57. The van der Waals surface area contributed by atoms with Crippen molar-refractivity contribution in [3.8, 4) is 0 Å². The summed E-state index contributed by atoms with van der Waals surface area (Å²) in [6.45, 7) is -0.0749. The summed E-state index contributed by atoms with van der Waals surface area (Å²) in [4.78, 5) is 11.7. The maximum absolute atomic E-state index is 11.7. The molecule has 1 aromatic carbocycles. The summed E-state index contributed by atoms with van der Waals surface area (Å²) in [5, 5.41) is 22.5. The summed E-state index contributed by atoms with van der Waals surface area (Å²) in [6.07, 6.45) is 1.95. The summed E-state index contributed by atoms with van der Waals surface area (Å²) in [5.74, 6) is -0.234. The number of tetrazole rings is 1. The van der Waals surface area contributed by atoms with Crippen molar-refractivity contribution in [3.63, 3.8) is 0 Å². The molecule has 0 fully saturated rings. The van der Waals surface area contributed by atoms with E-state index in [9.17, 15) is 9.90 Å². The second-order valence-corrected chi connectivity index (χ2v) is 4.14. The van der Waals surface area contributed by atoms with E-state index in [0.717, 1.165) is 5.56 Å². The topological polar surface area (TPSA) is 92.9 Å². The minimum atomic E-state index is -0.314. The zero-order valence-corrected chi connectivity index (χ0v) is 10.3. The Bertz CT molecular complexity index is 500. The van der Waals surface area contributed by atoms with Crippen LogP contribution < -0.4 is 5.32 Å². The smallest absolute Gasteiger partial charge is 0.242 e. The number of nitrogens with one attached hydrogen (secondary N) is 1. The molecule has 0 unspecified atom stereocenters. The molecule has 0 aliphatic rings. The van der Waals surface area contributed by atoms with E-state index in [1.165, 1.54) is 11.0 Å². The number of aromatic nitrogens is 4. The molecule has 0 bridgehead atoms. The molecule has 100 valence electrons. The third-order valence-corrected chi connectivity index (χ3v) is 2.61. The van der Waals surface area contributed by atoms with Crippen LogP contribution in [0.4, 0.5) is 0 Å². The highest BCUT2D eigenvalue weighted by Gasteiger charge is 2.12. The molecular weight excluding hydrogens is 246 g/mol. The van der Waals surface area contributed by atoms with Crippen LogP contribution in [0.5, 0.6) is 0 Å². The molecule has 0 saturated carbocycles. The van der Waals surface area contributed by atoms with Crippen LogP contribution in [0.25, 0.3) is 0 Å². The lowest BCUT2D eigenvalue weighted by Crippen LogP contribution is -2.40. The summed E-state index contributed by atoms with van der Waals surface area (Å²) in [6, 6.07) is 9.37. The molecule has 19 heavy (non-hydrogen) atoms. The lowest BCUT2D eigenvalue weighted by atomic mass is 10.1. The fourth-order valence-electron chi connectivity index (χ4n) is 1.73. The molecule has 2 N–H and O–H groups in total. The van der Waals surface area contributed by atoms with Crippen LogP contribution >= 0.6 is 0 Å². The average molecular weight is 261 g/mol. The summed E-state index contributed by atoms with van der Waals surface area (Å²) in [5.41, 5.74) is 1.06. The maximum atomic E-state index is 11.7. The monoisotopic (exact) mass is 261 g/mol. The number of carbonyl (C=O) groups excluding carboxylic acids is 1. The van der Waals surface area contributed by atoms with E-state index in [1.807, 2.05) is 30.3 Å². The van der Waals surface area contributed by atoms with Crippen molar-refractivity contribution < 1.29 is 9.90 Å². The number of aliphatic hydroxyl groups is 1. The van der Waals surface area contributed by atoms with Crippen molar-refractivity contribution in [2.45, 2.75) is 19.0 Å². The highest BCUT2D eigenvalue weighted by Crippen LogP contribution is 2.02. The van der Waals surface area contributed by atoms with Gasteiger partial charge < -0.3 is 10.4 Å². The first kappa shape index (κ1) is 13.2. The molecule has 7 nitrogen and oxygen atoms in total. The number of nitrogens with zero attached hydrogens (tertiary/aromatic N) is 4.